The van der Waals surface area contributed by atoms with Gasteiger partial charge in [-0.25, -0.2) is 0 Å². The third-order valence-corrected chi connectivity index (χ3v) is 14.0. The van der Waals surface area contributed by atoms with Crippen LogP contribution in [0.5, 0.6) is 0 Å². The highest BCUT2D eigenvalue weighted by Gasteiger charge is 2.19. The molecule has 1 unspecified atom stereocenters. The summed E-state index contributed by atoms with van der Waals surface area (Å²) in [5.41, 5.74) is 0. The molecule has 0 aromatic rings. The maximum atomic E-state index is 12.8. The van der Waals surface area contributed by atoms with Crippen LogP contribution in [0.2, 0.25) is 0 Å². The van der Waals surface area contributed by atoms with Gasteiger partial charge in [-0.1, -0.05) is 293 Å². The van der Waals surface area contributed by atoms with Crippen molar-refractivity contribution in [1.82, 2.24) is 0 Å². The van der Waals surface area contributed by atoms with Crippen molar-refractivity contribution in [1.29, 1.82) is 0 Å². The Morgan fingerprint density at radius 3 is 0.932 bits per heavy atom. The molecular weight excluding hydrogens is 901 g/mol. The van der Waals surface area contributed by atoms with E-state index in [-0.39, 0.29) is 37.5 Å². The molecule has 0 aromatic carbocycles. The monoisotopic (exact) mass is 1020 g/mol. The second kappa shape index (κ2) is 61.7. The first-order valence-electron chi connectivity index (χ1n) is 31.8. The number of hydrogen-bond donors (Lipinski definition) is 0. The normalized spacial score (nSPS) is 12.4. The third kappa shape index (κ3) is 59.9. The van der Waals surface area contributed by atoms with Crippen molar-refractivity contribution in [2.24, 2.45) is 0 Å². The van der Waals surface area contributed by atoms with Gasteiger partial charge in [-0.05, 0) is 77.0 Å². The highest BCUT2D eigenvalue weighted by atomic mass is 16.6. The van der Waals surface area contributed by atoms with Gasteiger partial charge in [0.05, 0.1) is 0 Å². The van der Waals surface area contributed by atoms with Gasteiger partial charge in [0.1, 0.15) is 13.2 Å². The number of rotatable bonds is 58. The fourth-order valence-electron chi connectivity index (χ4n) is 9.26. The molecule has 0 aliphatic carbocycles. The van der Waals surface area contributed by atoms with Gasteiger partial charge in [0.2, 0.25) is 0 Å². The van der Waals surface area contributed by atoms with Gasteiger partial charge in [0, 0.05) is 19.3 Å². The number of ether oxygens (including phenoxy) is 3. The van der Waals surface area contributed by atoms with E-state index in [0.29, 0.717) is 19.3 Å². The summed E-state index contributed by atoms with van der Waals surface area (Å²) >= 11 is 0. The van der Waals surface area contributed by atoms with Gasteiger partial charge in [-0.15, -0.1) is 0 Å². The third-order valence-electron chi connectivity index (χ3n) is 14.0. The van der Waals surface area contributed by atoms with Gasteiger partial charge < -0.3 is 14.2 Å². The van der Waals surface area contributed by atoms with Crippen molar-refractivity contribution in [2.75, 3.05) is 13.2 Å². The number of carbonyl (C=O) groups excluding carboxylic acids is 3. The van der Waals surface area contributed by atoms with Crippen molar-refractivity contribution >= 4 is 17.9 Å². The summed E-state index contributed by atoms with van der Waals surface area (Å²) in [6.45, 7) is 6.46. The Balaban J connectivity index is 4.11. The molecule has 424 valence electrons. The van der Waals surface area contributed by atoms with E-state index < -0.39 is 6.10 Å². The molecule has 0 rings (SSSR count). The first-order chi connectivity index (χ1) is 36.0. The second-order valence-electron chi connectivity index (χ2n) is 21.3. The molecule has 0 fully saturated rings. The SMILES string of the molecule is CC/C=C\C/C=C\C/C=C\C/C=C\CCCCC(=O)OC(COC(=O)CCCCCCC/C=C\CCC)COC(=O)CCCCCCCCCCCCCCCCCCCCCCCCCCCCCCCC. The number of carbonyl (C=O) groups is 3. The Hall–Kier alpha value is -2.89. The fourth-order valence-corrected chi connectivity index (χ4v) is 9.26. The van der Waals surface area contributed by atoms with Crippen LogP contribution in [0.3, 0.4) is 0 Å². The molecular formula is C67H120O6. The van der Waals surface area contributed by atoms with Crippen molar-refractivity contribution in [3.63, 3.8) is 0 Å². The molecule has 6 heteroatoms. The Kier molecular flexibility index (Phi) is 59.2. The van der Waals surface area contributed by atoms with Crippen LogP contribution in [0.15, 0.2) is 60.8 Å². The molecule has 0 radical (unpaired) electrons. The molecule has 73 heavy (non-hydrogen) atoms. The minimum Gasteiger partial charge on any atom is -0.462 e. The minimum atomic E-state index is -0.797. The van der Waals surface area contributed by atoms with Gasteiger partial charge in [-0.3, -0.25) is 14.4 Å². The summed E-state index contributed by atoms with van der Waals surface area (Å²) in [6, 6.07) is 0. The number of unbranched alkanes of at least 4 members (excludes halogenated alkanes) is 37. The van der Waals surface area contributed by atoms with E-state index in [2.05, 4.69) is 81.5 Å². The zero-order valence-corrected chi connectivity index (χ0v) is 48.7. The first-order valence-corrected chi connectivity index (χ1v) is 31.8. The Labute approximate surface area is 453 Å². The molecule has 0 bridgehead atoms. The quantitative estimate of drug-likeness (QED) is 0.0261. The molecule has 1 atom stereocenters. The van der Waals surface area contributed by atoms with E-state index in [4.69, 9.17) is 14.2 Å². The number of esters is 3. The lowest BCUT2D eigenvalue weighted by molar-refractivity contribution is -0.167. The predicted molar refractivity (Wildman–Crippen MR) is 316 cm³/mol. The maximum absolute atomic E-state index is 12.8. The lowest BCUT2D eigenvalue weighted by Gasteiger charge is -2.18. The molecule has 6 nitrogen and oxygen atoms in total. The van der Waals surface area contributed by atoms with Gasteiger partial charge in [0.25, 0.3) is 0 Å². The summed E-state index contributed by atoms with van der Waals surface area (Å²) < 4.78 is 16.8. The van der Waals surface area contributed by atoms with Crippen molar-refractivity contribution in [3.8, 4) is 0 Å². The standard InChI is InChI=1S/C67H120O6/c1-4-7-10-13-16-19-22-24-26-27-28-29-30-31-32-33-34-35-36-37-38-39-40-42-43-45-48-51-54-57-60-66(69)72-63-64(62-71-65(68)59-56-53-50-47-21-18-15-12-9-6-3)73-67(70)61-58-55-52-49-46-44-41-25-23-20-17-14-11-8-5-2/h8,11-12,15,17,20,25,41,46,49,64H,4-7,9-10,13-14,16,18-19,21-24,26-40,42-45,47-48,50-63H2,1-3H3/b11-8-,15-12-,20-17-,41-25-,49-46-. The summed E-state index contributed by atoms with van der Waals surface area (Å²) in [6.07, 6.45) is 78.4. The number of hydrogen-bond acceptors (Lipinski definition) is 6. The van der Waals surface area contributed by atoms with E-state index in [1.165, 1.54) is 186 Å². The summed E-state index contributed by atoms with van der Waals surface area (Å²) in [7, 11) is 0. The minimum absolute atomic E-state index is 0.0912. The van der Waals surface area contributed by atoms with Crippen LogP contribution in [0.1, 0.15) is 329 Å². The average molecular weight is 1020 g/mol. The molecule has 0 amide bonds. The van der Waals surface area contributed by atoms with Crippen LogP contribution in [0.4, 0.5) is 0 Å². The molecule has 0 aromatic heterocycles. The Morgan fingerprint density at radius 1 is 0.288 bits per heavy atom. The van der Waals surface area contributed by atoms with Crippen molar-refractivity contribution in [2.45, 2.75) is 335 Å². The summed E-state index contributed by atoms with van der Waals surface area (Å²) in [4.78, 5) is 38.1. The van der Waals surface area contributed by atoms with E-state index in [9.17, 15) is 14.4 Å². The molecule has 0 saturated heterocycles. The first kappa shape index (κ1) is 70.1. The largest absolute Gasteiger partial charge is 0.462 e. The zero-order chi connectivity index (χ0) is 52.9. The van der Waals surface area contributed by atoms with Gasteiger partial charge >= 0.3 is 17.9 Å². The second-order valence-corrected chi connectivity index (χ2v) is 21.3. The van der Waals surface area contributed by atoms with Crippen LogP contribution >= 0.6 is 0 Å². The van der Waals surface area contributed by atoms with Crippen molar-refractivity contribution < 1.29 is 28.6 Å². The molecule has 0 aliphatic rings. The van der Waals surface area contributed by atoms with Crippen LogP contribution in [-0.4, -0.2) is 37.2 Å². The Morgan fingerprint density at radius 2 is 0.562 bits per heavy atom. The maximum Gasteiger partial charge on any atom is 0.306 e. The van der Waals surface area contributed by atoms with E-state index in [1.54, 1.807) is 0 Å². The zero-order valence-electron chi connectivity index (χ0n) is 48.7. The van der Waals surface area contributed by atoms with Crippen molar-refractivity contribution in [3.05, 3.63) is 60.8 Å². The average Bonchev–Trinajstić information content (AvgIpc) is 3.39. The number of allylic oxidation sites excluding steroid dienone is 10. The summed E-state index contributed by atoms with van der Waals surface area (Å²) in [5.74, 6) is -0.932. The highest BCUT2D eigenvalue weighted by molar-refractivity contribution is 5.71. The topological polar surface area (TPSA) is 78.9 Å². The van der Waals surface area contributed by atoms with E-state index >= 15 is 0 Å². The van der Waals surface area contributed by atoms with Gasteiger partial charge in [-0.2, -0.15) is 0 Å². The van der Waals surface area contributed by atoms with E-state index in [0.717, 1.165) is 96.3 Å². The molecule has 0 saturated carbocycles. The predicted octanol–water partition coefficient (Wildman–Crippen LogP) is 21.6. The molecule has 0 N–H and O–H groups in total. The smallest absolute Gasteiger partial charge is 0.306 e. The van der Waals surface area contributed by atoms with Crippen LogP contribution in [0.25, 0.3) is 0 Å². The lowest BCUT2D eigenvalue weighted by atomic mass is 10.0. The van der Waals surface area contributed by atoms with Crippen LogP contribution < -0.4 is 0 Å². The van der Waals surface area contributed by atoms with Crippen LogP contribution in [-0.2, 0) is 28.6 Å². The fraction of sp³-hybridized carbons (Fsp3) is 0.806. The highest BCUT2D eigenvalue weighted by Crippen LogP contribution is 2.18. The summed E-state index contributed by atoms with van der Waals surface area (Å²) in [5, 5.41) is 0. The van der Waals surface area contributed by atoms with Crippen LogP contribution in [0, 0.1) is 0 Å². The lowest BCUT2D eigenvalue weighted by Crippen LogP contribution is -2.30. The van der Waals surface area contributed by atoms with Gasteiger partial charge in [0.15, 0.2) is 6.10 Å². The molecule has 0 aliphatic heterocycles. The Bertz CT molecular complexity index is 1310. The molecule has 0 spiro atoms. The van der Waals surface area contributed by atoms with E-state index in [1.807, 2.05) is 0 Å². The molecule has 0 heterocycles.